The first-order valence-corrected chi connectivity index (χ1v) is 9.60. The second-order valence-electron chi connectivity index (χ2n) is 6.05. The van der Waals surface area contributed by atoms with Crippen LogP contribution in [-0.4, -0.2) is 25.5 Å². The predicted molar refractivity (Wildman–Crippen MR) is 92.0 cm³/mol. The Labute approximate surface area is 146 Å². The Hall–Kier alpha value is -2.32. The van der Waals surface area contributed by atoms with Crippen LogP contribution in [0.15, 0.2) is 45.9 Å². The number of benzene rings is 1. The number of aromatic carboxylic acids is 1. The van der Waals surface area contributed by atoms with Crippen molar-refractivity contribution in [2.24, 2.45) is 0 Å². The molecule has 1 aromatic carbocycles. The SMILES string of the molecule is O=C(O)c1ccc(NC2CCCC2)c(S(=O)(=O)NCc2ccco2)c1. The molecule has 0 bridgehead atoms. The van der Waals surface area contributed by atoms with E-state index in [1.807, 2.05) is 0 Å². The number of sulfonamides is 1. The zero-order valence-electron chi connectivity index (χ0n) is 13.6. The van der Waals surface area contributed by atoms with Crippen LogP contribution in [0.3, 0.4) is 0 Å². The van der Waals surface area contributed by atoms with Gasteiger partial charge in [0.2, 0.25) is 10.0 Å². The van der Waals surface area contributed by atoms with Gasteiger partial charge in [0.25, 0.3) is 0 Å². The number of rotatable bonds is 7. The lowest BCUT2D eigenvalue weighted by Gasteiger charge is -2.18. The van der Waals surface area contributed by atoms with Crippen molar-refractivity contribution in [1.82, 2.24) is 4.72 Å². The van der Waals surface area contributed by atoms with Gasteiger partial charge in [-0.15, -0.1) is 0 Å². The van der Waals surface area contributed by atoms with Gasteiger partial charge in [0, 0.05) is 6.04 Å². The number of anilines is 1. The van der Waals surface area contributed by atoms with Crippen LogP contribution < -0.4 is 10.0 Å². The number of furan rings is 1. The zero-order valence-corrected chi connectivity index (χ0v) is 14.4. The van der Waals surface area contributed by atoms with Gasteiger partial charge in [-0.1, -0.05) is 12.8 Å². The highest BCUT2D eigenvalue weighted by atomic mass is 32.2. The van der Waals surface area contributed by atoms with Crippen molar-refractivity contribution in [3.05, 3.63) is 47.9 Å². The monoisotopic (exact) mass is 364 g/mol. The molecule has 1 fully saturated rings. The topological polar surface area (TPSA) is 109 Å². The average Bonchev–Trinajstić information content (AvgIpc) is 3.26. The lowest BCUT2D eigenvalue weighted by Crippen LogP contribution is -2.26. The minimum atomic E-state index is -3.90. The fourth-order valence-electron chi connectivity index (χ4n) is 2.94. The molecule has 25 heavy (non-hydrogen) atoms. The smallest absolute Gasteiger partial charge is 0.335 e. The Bertz CT molecular complexity index is 840. The van der Waals surface area contributed by atoms with Crippen molar-refractivity contribution in [2.75, 3.05) is 5.32 Å². The van der Waals surface area contributed by atoms with Crippen LogP contribution in [0, 0.1) is 0 Å². The molecule has 1 aromatic heterocycles. The number of carboxylic acid groups (broad SMARTS) is 1. The van der Waals surface area contributed by atoms with Crippen molar-refractivity contribution < 1.29 is 22.7 Å². The lowest BCUT2D eigenvalue weighted by atomic mass is 10.2. The van der Waals surface area contributed by atoms with E-state index in [0.29, 0.717) is 11.4 Å². The van der Waals surface area contributed by atoms with Gasteiger partial charge in [-0.05, 0) is 43.2 Å². The highest BCUT2D eigenvalue weighted by Gasteiger charge is 2.23. The van der Waals surface area contributed by atoms with Crippen LogP contribution in [0.1, 0.15) is 41.8 Å². The molecular weight excluding hydrogens is 344 g/mol. The molecule has 1 aliphatic carbocycles. The minimum absolute atomic E-state index is 0.00446. The number of carboxylic acids is 1. The van der Waals surface area contributed by atoms with E-state index in [2.05, 4.69) is 10.0 Å². The summed E-state index contributed by atoms with van der Waals surface area (Å²) < 4.78 is 33.0. The summed E-state index contributed by atoms with van der Waals surface area (Å²) in [6, 6.07) is 7.64. The van der Waals surface area contributed by atoms with E-state index in [1.54, 1.807) is 12.1 Å². The van der Waals surface area contributed by atoms with Crippen molar-refractivity contribution in [2.45, 2.75) is 43.2 Å². The van der Waals surface area contributed by atoms with E-state index >= 15 is 0 Å². The Morgan fingerprint density at radius 3 is 2.64 bits per heavy atom. The minimum Gasteiger partial charge on any atom is -0.478 e. The molecule has 0 aliphatic heterocycles. The van der Waals surface area contributed by atoms with Crippen LogP contribution in [0.2, 0.25) is 0 Å². The van der Waals surface area contributed by atoms with Gasteiger partial charge in [-0.2, -0.15) is 0 Å². The summed E-state index contributed by atoms with van der Waals surface area (Å²) >= 11 is 0. The van der Waals surface area contributed by atoms with E-state index in [4.69, 9.17) is 4.42 Å². The van der Waals surface area contributed by atoms with Crippen LogP contribution in [-0.2, 0) is 16.6 Å². The fourth-order valence-corrected chi connectivity index (χ4v) is 4.13. The van der Waals surface area contributed by atoms with Crippen LogP contribution >= 0.6 is 0 Å². The van der Waals surface area contributed by atoms with E-state index in [0.717, 1.165) is 25.7 Å². The molecule has 3 rings (SSSR count). The highest BCUT2D eigenvalue weighted by Crippen LogP contribution is 2.28. The first-order valence-electron chi connectivity index (χ1n) is 8.11. The Kier molecular flexibility index (Phi) is 5.10. The molecule has 0 saturated heterocycles. The maximum atomic E-state index is 12.7. The number of hydrogen-bond donors (Lipinski definition) is 3. The predicted octanol–water partition coefficient (Wildman–Crippen LogP) is 2.81. The summed E-state index contributed by atoms with van der Waals surface area (Å²) in [5, 5.41) is 12.4. The van der Waals surface area contributed by atoms with Gasteiger partial charge in [0.05, 0.1) is 24.1 Å². The van der Waals surface area contributed by atoms with Gasteiger partial charge in [-0.3, -0.25) is 0 Å². The molecular formula is C17H20N2O5S. The number of nitrogens with one attached hydrogen (secondary N) is 2. The van der Waals surface area contributed by atoms with Crippen molar-refractivity contribution >= 4 is 21.7 Å². The summed E-state index contributed by atoms with van der Waals surface area (Å²) in [7, 11) is -3.90. The Morgan fingerprint density at radius 2 is 2.00 bits per heavy atom. The second-order valence-corrected chi connectivity index (χ2v) is 7.78. The van der Waals surface area contributed by atoms with Gasteiger partial charge in [-0.25, -0.2) is 17.9 Å². The molecule has 134 valence electrons. The van der Waals surface area contributed by atoms with Gasteiger partial charge in [0.1, 0.15) is 10.7 Å². The molecule has 3 N–H and O–H groups in total. The molecule has 0 unspecified atom stereocenters. The molecule has 0 spiro atoms. The van der Waals surface area contributed by atoms with Crippen molar-refractivity contribution in [3.8, 4) is 0 Å². The molecule has 2 aromatic rings. The first kappa shape index (κ1) is 17.5. The average molecular weight is 364 g/mol. The number of carbonyl (C=O) groups is 1. The molecule has 0 radical (unpaired) electrons. The molecule has 1 aliphatic rings. The summed E-state index contributed by atoms with van der Waals surface area (Å²) in [6.45, 7) is -0.00446. The second kappa shape index (κ2) is 7.28. The highest BCUT2D eigenvalue weighted by molar-refractivity contribution is 7.89. The summed E-state index contributed by atoms with van der Waals surface area (Å²) in [5.74, 6) is -0.696. The summed E-state index contributed by atoms with van der Waals surface area (Å²) in [4.78, 5) is 11.2. The van der Waals surface area contributed by atoms with E-state index in [1.165, 1.54) is 24.5 Å². The van der Waals surface area contributed by atoms with Gasteiger partial charge >= 0.3 is 5.97 Å². The normalized spacial score (nSPS) is 15.4. The molecule has 8 heteroatoms. The van der Waals surface area contributed by atoms with Crippen LogP contribution in [0.4, 0.5) is 5.69 Å². The molecule has 0 amide bonds. The summed E-state index contributed by atoms with van der Waals surface area (Å²) in [6.07, 6.45) is 5.61. The standard InChI is InChI=1S/C17H20N2O5S/c20-17(21)12-7-8-15(19-13-4-1-2-5-13)16(10-12)25(22,23)18-11-14-6-3-9-24-14/h3,6-10,13,18-19H,1-2,4-5,11H2,(H,20,21). The summed E-state index contributed by atoms with van der Waals surface area (Å²) in [5.41, 5.74) is 0.346. The third-order valence-corrected chi connectivity index (χ3v) is 5.69. The Morgan fingerprint density at radius 1 is 1.24 bits per heavy atom. The molecule has 0 atom stereocenters. The molecule has 1 saturated carbocycles. The van der Waals surface area contributed by atoms with Gasteiger partial charge in [0.15, 0.2) is 0 Å². The third kappa shape index (κ3) is 4.21. The number of hydrogen-bond acceptors (Lipinski definition) is 5. The quantitative estimate of drug-likeness (QED) is 0.697. The fraction of sp³-hybridized carbons (Fsp3) is 0.353. The maximum Gasteiger partial charge on any atom is 0.335 e. The van der Waals surface area contributed by atoms with Crippen LogP contribution in [0.5, 0.6) is 0 Å². The maximum absolute atomic E-state index is 12.7. The lowest BCUT2D eigenvalue weighted by molar-refractivity contribution is 0.0696. The third-order valence-electron chi connectivity index (χ3n) is 4.25. The largest absolute Gasteiger partial charge is 0.478 e. The molecule has 7 nitrogen and oxygen atoms in total. The van der Waals surface area contributed by atoms with E-state index in [9.17, 15) is 18.3 Å². The van der Waals surface area contributed by atoms with Crippen LogP contribution in [0.25, 0.3) is 0 Å². The van der Waals surface area contributed by atoms with Gasteiger partial charge < -0.3 is 14.8 Å². The van der Waals surface area contributed by atoms with Crippen molar-refractivity contribution in [3.63, 3.8) is 0 Å². The zero-order chi connectivity index (χ0) is 17.9. The van der Waals surface area contributed by atoms with E-state index in [-0.39, 0.29) is 23.0 Å². The van der Waals surface area contributed by atoms with E-state index < -0.39 is 16.0 Å². The van der Waals surface area contributed by atoms with Crippen molar-refractivity contribution in [1.29, 1.82) is 0 Å². The first-order chi connectivity index (χ1) is 12.0. The molecule has 1 heterocycles. The Balaban J connectivity index is 1.89.